The van der Waals surface area contributed by atoms with Crippen LogP contribution in [-0.2, 0) is 20.2 Å². The van der Waals surface area contributed by atoms with Gasteiger partial charge in [-0.05, 0) is 62.2 Å². The first-order chi connectivity index (χ1) is 9.60. The highest BCUT2D eigenvalue weighted by Gasteiger charge is 2.10. The molecular weight excluding hydrogens is 386 g/mol. The fourth-order valence-electron chi connectivity index (χ4n) is 1.81. The molecule has 0 atom stereocenters. The molecule has 0 fully saturated rings. The van der Waals surface area contributed by atoms with E-state index in [1.54, 1.807) is 4.68 Å². The molecule has 0 saturated carbocycles. The first kappa shape index (κ1) is 15.5. The number of rotatable bonds is 6. The number of nitrogens with one attached hydrogen (secondary N) is 1. The van der Waals surface area contributed by atoms with Gasteiger partial charge in [0.15, 0.2) is 0 Å². The van der Waals surface area contributed by atoms with Crippen molar-refractivity contribution >= 4 is 31.9 Å². The molecule has 0 aliphatic carbocycles. The minimum absolute atomic E-state index is 0.449. The summed E-state index contributed by atoms with van der Waals surface area (Å²) >= 11 is 7.12. The van der Waals surface area contributed by atoms with Crippen LogP contribution < -0.4 is 10.1 Å². The number of nitrogens with zero attached hydrogens (tertiary/aromatic N) is 2. The SMILES string of the molecule is CCNCc1cc(Br)c(OCc2ccn(C)n2)c(Br)c1. The second kappa shape index (κ2) is 7.24. The van der Waals surface area contributed by atoms with Crippen molar-refractivity contribution in [3.63, 3.8) is 0 Å². The zero-order chi connectivity index (χ0) is 14.5. The minimum atomic E-state index is 0.449. The molecule has 0 spiro atoms. The summed E-state index contributed by atoms with van der Waals surface area (Å²) in [6.45, 7) is 4.33. The molecule has 0 amide bonds. The highest BCUT2D eigenvalue weighted by Crippen LogP contribution is 2.35. The molecule has 0 unspecified atom stereocenters. The fourth-order valence-corrected chi connectivity index (χ4v) is 3.32. The summed E-state index contributed by atoms with van der Waals surface area (Å²) in [4.78, 5) is 0. The van der Waals surface area contributed by atoms with Crippen LogP contribution in [-0.4, -0.2) is 16.3 Å². The third kappa shape index (κ3) is 4.07. The summed E-state index contributed by atoms with van der Waals surface area (Å²) < 4.78 is 9.48. The molecule has 2 rings (SSSR count). The maximum atomic E-state index is 5.84. The van der Waals surface area contributed by atoms with Crippen LogP contribution in [0.1, 0.15) is 18.2 Å². The van der Waals surface area contributed by atoms with Gasteiger partial charge in [0.2, 0.25) is 0 Å². The van der Waals surface area contributed by atoms with Gasteiger partial charge in [-0.3, -0.25) is 4.68 Å². The average molecular weight is 403 g/mol. The third-order valence-electron chi connectivity index (χ3n) is 2.77. The predicted molar refractivity (Wildman–Crippen MR) is 86.8 cm³/mol. The summed E-state index contributed by atoms with van der Waals surface area (Å²) in [5.74, 6) is 0.802. The molecule has 20 heavy (non-hydrogen) atoms. The second-order valence-corrected chi connectivity index (χ2v) is 6.15. The topological polar surface area (TPSA) is 39.1 Å². The number of hydrogen-bond acceptors (Lipinski definition) is 3. The Morgan fingerprint density at radius 3 is 2.55 bits per heavy atom. The van der Waals surface area contributed by atoms with Gasteiger partial charge in [0.05, 0.1) is 14.6 Å². The van der Waals surface area contributed by atoms with Crippen LogP contribution in [0, 0.1) is 0 Å². The molecule has 0 bridgehead atoms. The van der Waals surface area contributed by atoms with Crippen molar-refractivity contribution in [2.24, 2.45) is 7.05 Å². The van der Waals surface area contributed by atoms with E-state index < -0.39 is 0 Å². The van der Waals surface area contributed by atoms with Crippen molar-refractivity contribution in [2.45, 2.75) is 20.1 Å². The maximum absolute atomic E-state index is 5.84. The normalized spacial score (nSPS) is 10.8. The highest BCUT2D eigenvalue weighted by molar-refractivity contribution is 9.11. The largest absolute Gasteiger partial charge is 0.485 e. The van der Waals surface area contributed by atoms with E-state index in [2.05, 4.69) is 61.3 Å². The van der Waals surface area contributed by atoms with E-state index >= 15 is 0 Å². The molecule has 2 aromatic rings. The van der Waals surface area contributed by atoms with Gasteiger partial charge in [-0.25, -0.2) is 0 Å². The van der Waals surface area contributed by atoms with E-state index in [0.717, 1.165) is 33.5 Å². The monoisotopic (exact) mass is 401 g/mol. The summed E-state index contributed by atoms with van der Waals surface area (Å²) in [6.07, 6.45) is 1.91. The van der Waals surface area contributed by atoms with Crippen LogP contribution in [0.5, 0.6) is 5.75 Å². The van der Waals surface area contributed by atoms with Gasteiger partial charge in [-0.2, -0.15) is 5.10 Å². The molecule has 0 saturated heterocycles. The highest BCUT2D eigenvalue weighted by atomic mass is 79.9. The van der Waals surface area contributed by atoms with E-state index in [1.807, 2.05) is 19.3 Å². The van der Waals surface area contributed by atoms with Crippen molar-refractivity contribution in [1.29, 1.82) is 0 Å². The van der Waals surface area contributed by atoms with Crippen LogP contribution in [0.4, 0.5) is 0 Å². The van der Waals surface area contributed by atoms with Crippen molar-refractivity contribution < 1.29 is 4.74 Å². The zero-order valence-corrected chi connectivity index (χ0v) is 14.7. The summed E-state index contributed by atoms with van der Waals surface area (Å²) in [5.41, 5.74) is 2.11. The van der Waals surface area contributed by atoms with Crippen LogP contribution in [0.25, 0.3) is 0 Å². The molecular formula is C14H17Br2N3O. The van der Waals surface area contributed by atoms with Gasteiger partial charge in [-0.15, -0.1) is 0 Å². The van der Waals surface area contributed by atoms with Crippen LogP contribution >= 0.6 is 31.9 Å². The molecule has 0 aliphatic rings. The maximum Gasteiger partial charge on any atom is 0.148 e. The smallest absolute Gasteiger partial charge is 0.148 e. The van der Waals surface area contributed by atoms with Gasteiger partial charge in [0, 0.05) is 19.8 Å². The van der Waals surface area contributed by atoms with Gasteiger partial charge in [-0.1, -0.05) is 6.92 Å². The van der Waals surface area contributed by atoms with E-state index in [-0.39, 0.29) is 0 Å². The van der Waals surface area contributed by atoms with Gasteiger partial charge in [0.25, 0.3) is 0 Å². The van der Waals surface area contributed by atoms with Gasteiger partial charge >= 0.3 is 0 Å². The Morgan fingerprint density at radius 1 is 1.30 bits per heavy atom. The van der Waals surface area contributed by atoms with Crippen molar-refractivity contribution in [2.75, 3.05) is 6.54 Å². The Hall–Kier alpha value is -0.850. The molecule has 1 N–H and O–H groups in total. The molecule has 0 radical (unpaired) electrons. The van der Waals surface area contributed by atoms with Crippen LogP contribution in [0.3, 0.4) is 0 Å². The first-order valence-corrected chi connectivity index (χ1v) is 7.98. The number of aryl methyl sites for hydroxylation is 1. The molecule has 1 aromatic heterocycles. The quantitative estimate of drug-likeness (QED) is 0.801. The minimum Gasteiger partial charge on any atom is -0.485 e. The Kier molecular flexibility index (Phi) is 5.63. The third-order valence-corrected chi connectivity index (χ3v) is 3.95. The molecule has 1 aromatic carbocycles. The molecule has 6 heteroatoms. The Balaban J connectivity index is 2.07. The lowest BCUT2D eigenvalue weighted by molar-refractivity contribution is 0.296. The molecule has 1 heterocycles. The van der Waals surface area contributed by atoms with Crippen molar-refractivity contribution in [3.8, 4) is 5.75 Å². The van der Waals surface area contributed by atoms with E-state index in [1.165, 1.54) is 5.56 Å². The second-order valence-electron chi connectivity index (χ2n) is 4.44. The molecule has 4 nitrogen and oxygen atoms in total. The van der Waals surface area contributed by atoms with Gasteiger partial charge in [0.1, 0.15) is 12.4 Å². The van der Waals surface area contributed by atoms with Crippen LogP contribution in [0.2, 0.25) is 0 Å². The van der Waals surface area contributed by atoms with E-state index in [9.17, 15) is 0 Å². The lowest BCUT2D eigenvalue weighted by Gasteiger charge is -2.11. The summed E-state index contributed by atoms with van der Waals surface area (Å²) in [6, 6.07) is 6.09. The Morgan fingerprint density at radius 2 is 2.00 bits per heavy atom. The van der Waals surface area contributed by atoms with Crippen molar-refractivity contribution in [1.82, 2.24) is 15.1 Å². The predicted octanol–water partition coefficient (Wildman–Crippen LogP) is 3.63. The number of benzene rings is 1. The van der Waals surface area contributed by atoms with Crippen LogP contribution in [0.15, 0.2) is 33.3 Å². The summed E-state index contributed by atoms with van der Waals surface area (Å²) in [7, 11) is 1.89. The number of hydrogen-bond donors (Lipinski definition) is 1. The van der Waals surface area contributed by atoms with E-state index in [4.69, 9.17) is 4.74 Å². The zero-order valence-electron chi connectivity index (χ0n) is 11.5. The molecule has 108 valence electrons. The lowest BCUT2D eigenvalue weighted by atomic mass is 10.2. The van der Waals surface area contributed by atoms with Crippen molar-refractivity contribution in [3.05, 3.63) is 44.6 Å². The average Bonchev–Trinajstić information content (AvgIpc) is 2.81. The Labute approximate surface area is 135 Å². The van der Waals surface area contributed by atoms with E-state index in [0.29, 0.717) is 6.61 Å². The summed E-state index contributed by atoms with van der Waals surface area (Å²) in [5, 5.41) is 7.60. The number of halogens is 2. The first-order valence-electron chi connectivity index (χ1n) is 6.40. The lowest BCUT2D eigenvalue weighted by Crippen LogP contribution is -2.11. The van der Waals surface area contributed by atoms with Gasteiger partial charge < -0.3 is 10.1 Å². The molecule has 0 aliphatic heterocycles. The number of ether oxygens (including phenoxy) is 1. The fraction of sp³-hybridized carbons (Fsp3) is 0.357. The number of aromatic nitrogens is 2. The Bertz CT molecular complexity index is 561. The standard InChI is InChI=1S/C14H17Br2N3O/c1-3-17-8-10-6-12(15)14(13(16)7-10)20-9-11-4-5-19(2)18-11/h4-7,17H,3,8-9H2,1-2H3.